The molecule has 3 nitrogen and oxygen atoms in total. The standard InChI is InChI=1S/C11H10BrNO2/c12-9-1-2-11-8(5-9)6-10(7-13-11)15-4-3-14/h1-2,5-7,14H,3-4H2. The van der Waals surface area contributed by atoms with Gasteiger partial charge in [0.05, 0.1) is 18.3 Å². The first-order valence-electron chi connectivity index (χ1n) is 4.58. The van der Waals surface area contributed by atoms with Gasteiger partial charge in [-0.15, -0.1) is 0 Å². The molecular formula is C11H10BrNO2. The average molecular weight is 268 g/mol. The van der Waals surface area contributed by atoms with Crippen LogP contribution in [0.3, 0.4) is 0 Å². The summed E-state index contributed by atoms with van der Waals surface area (Å²) in [6.07, 6.45) is 1.66. The molecule has 0 radical (unpaired) electrons. The van der Waals surface area contributed by atoms with E-state index in [1.54, 1.807) is 6.20 Å². The van der Waals surface area contributed by atoms with Crippen LogP contribution >= 0.6 is 15.9 Å². The van der Waals surface area contributed by atoms with Crippen LogP contribution in [0.25, 0.3) is 10.9 Å². The summed E-state index contributed by atoms with van der Waals surface area (Å²) in [6.45, 7) is 0.303. The monoisotopic (exact) mass is 267 g/mol. The molecule has 0 unspecified atom stereocenters. The first-order valence-corrected chi connectivity index (χ1v) is 5.38. The van der Waals surface area contributed by atoms with Crippen molar-refractivity contribution in [2.75, 3.05) is 13.2 Å². The van der Waals surface area contributed by atoms with Gasteiger partial charge in [-0.2, -0.15) is 0 Å². The van der Waals surface area contributed by atoms with Gasteiger partial charge < -0.3 is 9.84 Å². The number of ether oxygens (including phenoxy) is 1. The van der Waals surface area contributed by atoms with Crippen LogP contribution < -0.4 is 4.74 Å². The summed E-state index contributed by atoms with van der Waals surface area (Å²) in [5.74, 6) is 0.676. The van der Waals surface area contributed by atoms with Crippen LogP contribution in [0.5, 0.6) is 5.75 Å². The van der Waals surface area contributed by atoms with Gasteiger partial charge >= 0.3 is 0 Å². The second-order valence-corrected chi connectivity index (χ2v) is 4.00. The molecule has 0 amide bonds. The van der Waals surface area contributed by atoms with Gasteiger partial charge in [0.2, 0.25) is 0 Å². The molecule has 0 aliphatic carbocycles. The highest BCUT2D eigenvalue weighted by Gasteiger charge is 1.99. The maximum atomic E-state index is 8.63. The molecule has 2 rings (SSSR count). The molecule has 0 saturated carbocycles. The third kappa shape index (κ3) is 2.46. The number of aliphatic hydroxyl groups is 1. The van der Waals surface area contributed by atoms with Crippen LogP contribution in [0.15, 0.2) is 34.9 Å². The Bertz CT molecular complexity index is 473. The molecule has 1 N–H and O–H groups in total. The second kappa shape index (κ2) is 4.59. The van der Waals surface area contributed by atoms with Crippen molar-refractivity contribution in [3.8, 4) is 5.75 Å². The van der Waals surface area contributed by atoms with Crippen molar-refractivity contribution in [2.24, 2.45) is 0 Å². The molecule has 78 valence electrons. The van der Waals surface area contributed by atoms with Gasteiger partial charge in [-0.1, -0.05) is 15.9 Å². The summed E-state index contributed by atoms with van der Waals surface area (Å²) in [6, 6.07) is 7.77. The molecule has 2 aromatic rings. The molecule has 0 fully saturated rings. The van der Waals surface area contributed by atoms with E-state index in [4.69, 9.17) is 9.84 Å². The number of aliphatic hydroxyl groups excluding tert-OH is 1. The van der Waals surface area contributed by atoms with E-state index in [2.05, 4.69) is 20.9 Å². The number of hydrogen-bond acceptors (Lipinski definition) is 3. The minimum Gasteiger partial charge on any atom is -0.490 e. The summed E-state index contributed by atoms with van der Waals surface area (Å²) in [5.41, 5.74) is 0.926. The number of aromatic nitrogens is 1. The van der Waals surface area contributed by atoms with E-state index >= 15 is 0 Å². The summed E-state index contributed by atoms with van der Waals surface area (Å²) >= 11 is 3.40. The van der Waals surface area contributed by atoms with Gasteiger partial charge in [-0.05, 0) is 24.3 Å². The molecular weight excluding hydrogens is 258 g/mol. The van der Waals surface area contributed by atoms with Crippen LogP contribution in [0.4, 0.5) is 0 Å². The van der Waals surface area contributed by atoms with Crippen LogP contribution in [-0.2, 0) is 0 Å². The van der Waals surface area contributed by atoms with Crippen molar-refractivity contribution < 1.29 is 9.84 Å². The van der Waals surface area contributed by atoms with Crippen molar-refractivity contribution in [2.45, 2.75) is 0 Å². The zero-order chi connectivity index (χ0) is 10.7. The lowest BCUT2D eigenvalue weighted by Gasteiger charge is -2.04. The van der Waals surface area contributed by atoms with Crippen LogP contribution in [0.1, 0.15) is 0 Å². The zero-order valence-electron chi connectivity index (χ0n) is 7.98. The lowest BCUT2D eigenvalue weighted by Crippen LogP contribution is -2.01. The number of rotatable bonds is 3. The summed E-state index contributed by atoms with van der Waals surface area (Å²) < 4.78 is 6.29. The van der Waals surface area contributed by atoms with Crippen molar-refractivity contribution >= 4 is 26.8 Å². The summed E-state index contributed by atoms with van der Waals surface area (Å²) in [4.78, 5) is 4.25. The molecule has 1 heterocycles. The van der Waals surface area contributed by atoms with Crippen molar-refractivity contribution in [3.63, 3.8) is 0 Å². The third-order valence-electron chi connectivity index (χ3n) is 1.98. The van der Waals surface area contributed by atoms with Crippen molar-refractivity contribution in [3.05, 3.63) is 34.9 Å². The van der Waals surface area contributed by atoms with E-state index in [-0.39, 0.29) is 6.61 Å². The second-order valence-electron chi connectivity index (χ2n) is 3.08. The van der Waals surface area contributed by atoms with Gasteiger partial charge in [-0.3, -0.25) is 4.98 Å². The molecule has 0 atom stereocenters. The van der Waals surface area contributed by atoms with Gasteiger partial charge in [0, 0.05) is 9.86 Å². The topological polar surface area (TPSA) is 42.4 Å². The van der Waals surface area contributed by atoms with Gasteiger partial charge in [0.15, 0.2) is 0 Å². The Hall–Kier alpha value is -1.13. The Morgan fingerprint density at radius 1 is 1.33 bits per heavy atom. The Balaban J connectivity index is 2.36. The smallest absolute Gasteiger partial charge is 0.138 e. The fraction of sp³-hybridized carbons (Fsp3) is 0.182. The van der Waals surface area contributed by atoms with E-state index in [1.165, 1.54) is 0 Å². The Kier molecular flexibility index (Phi) is 3.18. The zero-order valence-corrected chi connectivity index (χ0v) is 9.57. The SMILES string of the molecule is OCCOc1cnc2ccc(Br)cc2c1. The Morgan fingerprint density at radius 3 is 3.00 bits per heavy atom. The minimum absolute atomic E-state index is 0.0104. The lowest BCUT2D eigenvalue weighted by molar-refractivity contribution is 0.201. The molecule has 15 heavy (non-hydrogen) atoms. The molecule has 0 aliphatic heterocycles. The first kappa shape index (κ1) is 10.4. The van der Waals surface area contributed by atoms with E-state index in [0.29, 0.717) is 12.4 Å². The average Bonchev–Trinajstić information content (AvgIpc) is 2.25. The predicted molar refractivity (Wildman–Crippen MR) is 62.0 cm³/mol. The normalized spacial score (nSPS) is 10.5. The molecule has 0 aliphatic rings. The maximum absolute atomic E-state index is 8.63. The fourth-order valence-corrected chi connectivity index (χ4v) is 1.70. The predicted octanol–water partition coefficient (Wildman–Crippen LogP) is 2.37. The Morgan fingerprint density at radius 2 is 2.20 bits per heavy atom. The lowest BCUT2D eigenvalue weighted by atomic mass is 10.2. The highest BCUT2D eigenvalue weighted by molar-refractivity contribution is 9.10. The van der Waals surface area contributed by atoms with E-state index in [0.717, 1.165) is 15.4 Å². The number of pyridine rings is 1. The number of nitrogens with zero attached hydrogens (tertiary/aromatic N) is 1. The van der Waals surface area contributed by atoms with Crippen LogP contribution in [-0.4, -0.2) is 23.3 Å². The Labute approximate surface area is 95.8 Å². The maximum Gasteiger partial charge on any atom is 0.138 e. The summed E-state index contributed by atoms with van der Waals surface area (Å²) in [5, 5.41) is 9.65. The molecule has 0 bridgehead atoms. The fourth-order valence-electron chi connectivity index (χ4n) is 1.32. The van der Waals surface area contributed by atoms with Crippen molar-refractivity contribution in [1.29, 1.82) is 0 Å². The number of fused-ring (bicyclic) bond motifs is 1. The highest BCUT2D eigenvalue weighted by atomic mass is 79.9. The van der Waals surface area contributed by atoms with E-state index in [1.807, 2.05) is 24.3 Å². The summed E-state index contributed by atoms with van der Waals surface area (Å²) in [7, 11) is 0. The minimum atomic E-state index is 0.0104. The number of halogens is 1. The molecule has 1 aromatic heterocycles. The first-order chi connectivity index (χ1) is 7.29. The molecule has 0 spiro atoms. The number of benzene rings is 1. The molecule has 0 saturated heterocycles. The van der Waals surface area contributed by atoms with Crippen molar-refractivity contribution in [1.82, 2.24) is 4.98 Å². The van der Waals surface area contributed by atoms with E-state index in [9.17, 15) is 0 Å². The third-order valence-corrected chi connectivity index (χ3v) is 2.47. The van der Waals surface area contributed by atoms with Crippen LogP contribution in [0.2, 0.25) is 0 Å². The van der Waals surface area contributed by atoms with Gasteiger partial charge in [0.25, 0.3) is 0 Å². The molecule has 1 aromatic carbocycles. The highest BCUT2D eigenvalue weighted by Crippen LogP contribution is 2.21. The number of hydrogen-bond donors (Lipinski definition) is 1. The van der Waals surface area contributed by atoms with Gasteiger partial charge in [0.1, 0.15) is 12.4 Å². The van der Waals surface area contributed by atoms with Gasteiger partial charge in [-0.25, -0.2) is 0 Å². The molecule has 4 heteroatoms. The quantitative estimate of drug-likeness (QED) is 0.929. The van der Waals surface area contributed by atoms with E-state index < -0.39 is 0 Å². The largest absolute Gasteiger partial charge is 0.490 e. The van der Waals surface area contributed by atoms with Crippen LogP contribution in [0, 0.1) is 0 Å².